The lowest BCUT2D eigenvalue weighted by atomic mass is 10.1. The normalized spacial score (nSPS) is 10.3. The van der Waals surface area contributed by atoms with Gasteiger partial charge in [0.1, 0.15) is 5.82 Å². The molecular formula is C15H14ClFN2O. The van der Waals surface area contributed by atoms with Gasteiger partial charge in [0.25, 0.3) is 5.91 Å². The molecule has 0 fully saturated rings. The van der Waals surface area contributed by atoms with Gasteiger partial charge in [0.15, 0.2) is 0 Å². The van der Waals surface area contributed by atoms with Gasteiger partial charge >= 0.3 is 0 Å². The van der Waals surface area contributed by atoms with Crippen molar-refractivity contribution in [2.24, 2.45) is 0 Å². The number of halogens is 2. The molecule has 0 aliphatic carbocycles. The molecule has 1 amide bonds. The zero-order valence-electron chi connectivity index (χ0n) is 10.9. The summed E-state index contributed by atoms with van der Waals surface area (Å²) in [5, 5.41) is -0.0662. The fourth-order valence-corrected chi connectivity index (χ4v) is 2.04. The molecule has 3 nitrogen and oxygen atoms in total. The molecule has 2 aromatic rings. The number of benzene rings is 2. The zero-order valence-corrected chi connectivity index (χ0v) is 11.7. The summed E-state index contributed by atoms with van der Waals surface area (Å²) in [7, 11) is 1.66. The Morgan fingerprint density at radius 3 is 2.65 bits per heavy atom. The summed E-state index contributed by atoms with van der Waals surface area (Å²) in [6.45, 7) is 0.375. The van der Waals surface area contributed by atoms with Gasteiger partial charge in [-0.3, -0.25) is 4.79 Å². The van der Waals surface area contributed by atoms with E-state index in [0.29, 0.717) is 17.8 Å². The maximum Gasteiger partial charge on any atom is 0.253 e. The van der Waals surface area contributed by atoms with Crippen LogP contribution >= 0.6 is 11.6 Å². The number of hydrogen-bond donors (Lipinski definition) is 1. The number of nitrogens with two attached hydrogens (primary N) is 1. The molecule has 0 saturated heterocycles. The number of carbonyl (C=O) groups is 1. The summed E-state index contributed by atoms with van der Waals surface area (Å²) < 4.78 is 13.1. The first kappa shape index (κ1) is 14.3. The molecule has 104 valence electrons. The average molecular weight is 293 g/mol. The topological polar surface area (TPSA) is 46.3 Å². The predicted molar refractivity (Wildman–Crippen MR) is 78.1 cm³/mol. The molecule has 5 heteroatoms. The Kier molecular flexibility index (Phi) is 4.25. The molecule has 0 heterocycles. The fraction of sp³-hybridized carbons (Fsp3) is 0.133. The minimum atomic E-state index is -0.543. The summed E-state index contributed by atoms with van der Waals surface area (Å²) in [5.74, 6) is -0.784. The molecule has 0 aliphatic rings. The van der Waals surface area contributed by atoms with Gasteiger partial charge in [-0.05, 0) is 29.8 Å². The van der Waals surface area contributed by atoms with Crippen LogP contribution in [0.15, 0.2) is 42.5 Å². The summed E-state index contributed by atoms with van der Waals surface area (Å²) in [5.41, 5.74) is 7.67. The highest BCUT2D eigenvalue weighted by molar-refractivity contribution is 6.31. The SMILES string of the molecule is CN(Cc1ccccc1N)C(=O)c1ccc(F)c(Cl)c1. The summed E-state index contributed by atoms with van der Waals surface area (Å²) in [6, 6.07) is 11.2. The van der Waals surface area contributed by atoms with Gasteiger partial charge in [0, 0.05) is 24.8 Å². The van der Waals surface area contributed by atoms with Gasteiger partial charge in [-0.1, -0.05) is 29.8 Å². The van der Waals surface area contributed by atoms with Crippen LogP contribution in [0.2, 0.25) is 5.02 Å². The van der Waals surface area contributed by atoms with Crippen molar-refractivity contribution in [1.82, 2.24) is 4.90 Å². The predicted octanol–water partition coefficient (Wildman–Crippen LogP) is 3.33. The van der Waals surface area contributed by atoms with Crippen LogP contribution in [0.3, 0.4) is 0 Å². The van der Waals surface area contributed by atoms with Crippen molar-refractivity contribution < 1.29 is 9.18 Å². The van der Waals surface area contributed by atoms with E-state index in [0.717, 1.165) is 5.56 Å². The molecule has 0 bridgehead atoms. The first-order valence-electron chi connectivity index (χ1n) is 6.03. The van der Waals surface area contributed by atoms with Crippen LogP contribution in [0.4, 0.5) is 10.1 Å². The van der Waals surface area contributed by atoms with E-state index >= 15 is 0 Å². The van der Waals surface area contributed by atoms with Crippen LogP contribution in [-0.2, 0) is 6.54 Å². The molecule has 0 saturated carbocycles. The number of anilines is 1. The summed E-state index contributed by atoms with van der Waals surface area (Å²) in [6.07, 6.45) is 0. The number of nitrogen functional groups attached to an aromatic ring is 1. The van der Waals surface area contributed by atoms with E-state index in [1.807, 2.05) is 18.2 Å². The third kappa shape index (κ3) is 3.08. The van der Waals surface area contributed by atoms with Crippen molar-refractivity contribution in [2.75, 3.05) is 12.8 Å². The molecule has 0 aliphatic heterocycles. The number of hydrogen-bond acceptors (Lipinski definition) is 2. The molecule has 0 spiro atoms. The summed E-state index contributed by atoms with van der Waals surface area (Å²) in [4.78, 5) is 13.7. The molecule has 20 heavy (non-hydrogen) atoms. The van der Waals surface area contributed by atoms with Gasteiger partial charge in [-0.2, -0.15) is 0 Å². The first-order valence-corrected chi connectivity index (χ1v) is 6.40. The highest BCUT2D eigenvalue weighted by atomic mass is 35.5. The van der Waals surface area contributed by atoms with Gasteiger partial charge in [0.2, 0.25) is 0 Å². The molecular weight excluding hydrogens is 279 g/mol. The highest BCUT2D eigenvalue weighted by Crippen LogP contribution is 2.18. The molecule has 2 rings (SSSR count). The zero-order chi connectivity index (χ0) is 14.7. The van der Waals surface area contributed by atoms with Crippen molar-refractivity contribution in [3.63, 3.8) is 0 Å². The number of para-hydroxylation sites is 1. The Balaban J connectivity index is 2.16. The minimum absolute atomic E-state index is 0.0662. The lowest BCUT2D eigenvalue weighted by Gasteiger charge is -2.18. The second-order valence-electron chi connectivity index (χ2n) is 4.49. The fourth-order valence-electron chi connectivity index (χ4n) is 1.86. The van der Waals surface area contributed by atoms with E-state index in [-0.39, 0.29) is 10.9 Å². The number of amides is 1. The Hall–Kier alpha value is -2.07. The largest absolute Gasteiger partial charge is 0.398 e. The number of nitrogens with zero attached hydrogens (tertiary/aromatic N) is 1. The van der Waals surface area contributed by atoms with E-state index in [1.54, 1.807) is 13.1 Å². The third-order valence-electron chi connectivity index (χ3n) is 2.98. The minimum Gasteiger partial charge on any atom is -0.398 e. The highest BCUT2D eigenvalue weighted by Gasteiger charge is 2.14. The van der Waals surface area contributed by atoms with Crippen LogP contribution in [0.5, 0.6) is 0 Å². The smallest absolute Gasteiger partial charge is 0.253 e. The van der Waals surface area contributed by atoms with E-state index < -0.39 is 5.82 Å². The maximum atomic E-state index is 13.1. The van der Waals surface area contributed by atoms with Crippen molar-refractivity contribution >= 4 is 23.2 Å². The van der Waals surface area contributed by atoms with Gasteiger partial charge < -0.3 is 10.6 Å². The van der Waals surface area contributed by atoms with E-state index in [1.165, 1.54) is 23.1 Å². The Morgan fingerprint density at radius 2 is 2.00 bits per heavy atom. The Morgan fingerprint density at radius 1 is 1.30 bits per heavy atom. The van der Waals surface area contributed by atoms with E-state index in [9.17, 15) is 9.18 Å². The lowest BCUT2D eigenvalue weighted by molar-refractivity contribution is 0.0785. The third-order valence-corrected chi connectivity index (χ3v) is 3.27. The molecule has 0 unspecified atom stereocenters. The van der Waals surface area contributed by atoms with Crippen LogP contribution in [0.1, 0.15) is 15.9 Å². The van der Waals surface area contributed by atoms with Crippen molar-refractivity contribution in [2.45, 2.75) is 6.54 Å². The second kappa shape index (κ2) is 5.92. The molecule has 2 aromatic carbocycles. The molecule has 0 radical (unpaired) electrons. The van der Waals surface area contributed by atoms with Crippen LogP contribution in [-0.4, -0.2) is 17.9 Å². The van der Waals surface area contributed by atoms with Crippen LogP contribution in [0, 0.1) is 5.82 Å². The number of carbonyl (C=O) groups excluding carboxylic acids is 1. The quantitative estimate of drug-likeness (QED) is 0.882. The van der Waals surface area contributed by atoms with Crippen molar-refractivity contribution in [3.05, 3.63) is 64.4 Å². The average Bonchev–Trinajstić information content (AvgIpc) is 2.43. The van der Waals surface area contributed by atoms with E-state index in [2.05, 4.69) is 0 Å². The van der Waals surface area contributed by atoms with Crippen LogP contribution in [0.25, 0.3) is 0 Å². The van der Waals surface area contributed by atoms with E-state index in [4.69, 9.17) is 17.3 Å². The second-order valence-corrected chi connectivity index (χ2v) is 4.90. The Bertz CT molecular complexity index is 646. The van der Waals surface area contributed by atoms with Crippen molar-refractivity contribution in [1.29, 1.82) is 0 Å². The van der Waals surface area contributed by atoms with Gasteiger partial charge in [-0.25, -0.2) is 4.39 Å². The van der Waals surface area contributed by atoms with Gasteiger partial charge in [0.05, 0.1) is 5.02 Å². The summed E-state index contributed by atoms with van der Waals surface area (Å²) >= 11 is 5.68. The monoisotopic (exact) mass is 292 g/mol. The lowest BCUT2D eigenvalue weighted by Crippen LogP contribution is -2.26. The first-order chi connectivity index (χ1) is 9.49. The maximum absolute atomic E-state index is 13.1. The van der Waals surface area contributed by atoms with Crippen LogP contribution < -0.4 is 5.73 Å². The molecule has 0 aromatic heterocycles. The molecule has 2 N–H and O–H groups in total. The Labute approximate surface area is 121 Å². The van der Waals surface area contributed by atoms with Crippen molar-refractivity contribution in [3.8, 4) is 0 Å². The number of rotatable bonds is 3. The molecule has 0 atom stereocenters. The standard InChI is InChI=1S/C15H14ClFN2O/c1-19(9-11-4-2-3-5-14(11)18)15(20)10-6-7-13(17)12(16)8-10/h2-8H,9,18H2,1H3. The van der Waals surface area contributed by atoms with Gasteiger partial charge in [-0.15, -0.1) is 0 Å².